The van der Waals surface area contributed by atoms with E-state index in [4.69, 9.17) is 0 Å². The molecule has 0 amide bonds. The van der Waals surface area contributed by atoms with Gasteiger partial charge in [0.2, 0.25) is 0 Å². The van der Waals surface area contributed by atoms with E-state index in [-0.39, 0.29) is 17.7 Å². The Morgan fingerprint density at radius 1 is 1.29 bits per heavy atom. The van der Waals surface area contributed by atoms with Crippen LogP contribution in [0, 0.1) is 18.6 Å². The van der Waals surface area contributed by atoms with E-state index in [2.05, 4.69) is 10.4 Å². The van der Waals surface area contributed by atoms with E-state index in [1.165, 1.54) is 12.1 Å². The second kappa shape index (κ2) is 6.35. The first-order chi connectivity index (χ1) is 9.92. The fourth-order valence-electron chi connectivity index (χ4n) is 2.40. The minimum Gasteiger partial charge on any atom is -0.306 e. The van der Waals surface area contributed by atoms with Crippen LogP contribution in [-0.2, 0) is 20.0 Å². The number of hydrogen-bond acceptors (Lipinski definition) is 2. The van der Waals surface area contributed by atoms with Gasteiger partial charge in [0.15, 0.2) is 0 Å². The second-order valence-corrected chi connectivity index (χ2v) is 5.35. The van der Waals surface area contributed by atoms with Gasteiger partial charge in [-0.2, -0.15) is 5.10 Å². The van der Waals surface area contributed by atoms with Crippen molar-refractivity contribution in [1.82, 2.24) is 15.1 Å². The van der Waals surface area contributed by atoms with Gasteiger partial charge in [0, 0.05) is 37.0 Å². The predicted octanol–water partition coefficient (Wildman–Crippen LogP) is 3.42. The Labute approximate surface area is 124 Å². The molecule has 0 spiro atoms. The molecule has 114 valence electrons. The molecule has 1 aromatic heterocycles. The highest BCUT2D eigenvalue weighted by molar-refractivity contribution is 5.27. The van der Waals surface area contributed by atoms with E-state index in [1.807, 2.05) is 27.1 Å². The number of rotatable bonds is 5. The van der Waals surface area contributed by atoms with E-state index in [0.717, 1.165) is 17.7 Å². The molecule has 21 heavy (non-hydrogen) atoms. The van der Waals surface area contributed by atoms with Crippen molar-refractivity contribution in [2.24, 2.45) is 7.05 Å². The Hall–Kier alpha value is -1.75. The van der Waals surface area contributed by atoms with Gasteiger partial charge in [-0.15, -0.1) is 0 Å². The minimum atomic E-state index is -0.379. The van der Waals surface area contributed by atoms with Gasteiger partial charge in [-0.3, -0.25) is 4.68 Å². The lowest BCUT2D eigenvalue weighted by molar-refractivity contribution is 0.515. The largest absolute Gasteiger partial charge is 0.306 e. The molecule has 1 aromatic carbocycles. The van der Waals surface area contributed by atoms with Gasteiger partial charge in [0.25, 0.3) is 0 Å². The van der Waals surface area contributed by atoms with Crippen LogP contribution in [0.3, 0.4) is 0 Å². The number of hydrogen-bond donors (Lipinski definition) is 1. The highest BCUT2D eigenvalue weighted by atomic mass is 19.1. The van der Waals surface area contributed by atoms with E-state index in [1.54, 1.807) is 11.6 Å². The number of nitrogens with one attached hydrogen (secondary N) is 1. The lowest BCUT2D eigenvalue weighted by Crippen LogP contribution is -2.20. The molecule has 0 bridgehead atoms. The zero-order valence-electron chi connectivity index (χ0n) is 12.9. The van der Waals surface area contributed by atoms with Crippen LogP contribution < -0.4 is 5.32 Å². The number of aromatic nitrogens is 2. The normalized spacial score (nSPS) is 12.7. The monoisotopic (exact) mass is 293 g/mol. The van der Waals surface area contributed by atoms with Crippen molar-refractivity contribution in [3.05, 3.63) is 52.3 Å². The molecule has 5 heteroatoms. The fourth-order valence-corrected chi connectivity index (χ4v) is 2.40. The number of benzene rings is 1. The van der Waals surface area contributed by atoms with Crippen LogP contribution in [0.25, 0.3) is 0 Å². The first-order valence-corrected chi connectivity index (χ1v) is 7.12. The number of aryl methyl sites for hydroxylation is 3. The molecule has 3 nitrogen and oxygen atoms in total. The van der Waals surface area contributed by atoms with Crippen LogP contribution in [-0.4, -0.2) is 9.78 Å². The summed E-state index contributed by atoms with van der Waals surface area (Å²) in [5, 5.41) is 7.60. The molecule has 1 heterocycles. The highest BCUT2D eigenvalue weighted by Crippen LogP contribution is 2.21. The molecule has 0 fully saturated rings. The van der Waals surface area contributed by atoms with E-state index >= 15 is 0 Å². The third-order valence-corrected chi connectivity index (χ3v) is 3.67. The van der Waals surface area contributed by atoms with Crippen LogP contribution in [0.4, 0.5) is 8.78 Å². The molecule has 1 N–H and O–H groups in total. The zero-order chi connectivity index (χ0) is 15.6. The highest BCUT2D eigenvalue weighted by Gasteiger charge is 2.14. The van der Waals surface area contributed by atoms with Gasteiger partial charge in [-0.1, -0.05) is 6.92 Å². The van der Waals surface area contributed by atoms with Gasteiger partial charge < -0.3 is 5.32 Å². The molecule has 1 unspecified atom stereocenters. The molecule has 0 saturated carbocycles. The Kier molecular flexibility index (Phi) is 4.73. The summed E-state index contributed by atoms with van der Waals surface area (Å²) in [4.78, 5) is 0. The second-order valence-electron chi connectivity index (χ2n) is 5.35. The molecule has 0 radical (unpaired) electrons. The van der Waals surface area contributed by atoms with Crippen molar-refractivity contribution in [3.63, 3.8) is 0 Å². The summed E-state index contributed by atoms with van der Waals surface area (Å²) in [5.41, 5.74) is 2.77. The molecule has 2 aromatic rings. The standard InChI is InChI=1S/C16H21F2N3/c1-5-16-12(9-21(4)20-16)8-19-11(3)13-7-14(17)10(2)6-15(13)18/h6-7,9,11,19H,5,8H2,1-4H3. The third-order valence-electron chi connectivity index (χ3n) is 3.67. The Bertz CT molecular complexity index is 635. The molecular formula is C16H21F2N3. The maximum atomic E-state index is 13.9. The van der Waals surface area contributed by atoms with Crippen molar-refractivity contribution >= 4 is 0 Å². The Morgan fingerprint density at radius 2 is 2.00 bits per heavy atom. The molecule has 1 atom stereocenters. The van der Waals surface area contributed by atoms with Crippen molar-refractivity contribution < 1.29 is 8.78 Å². The van der Waals surface area contributed by atoms with Crippen LogP contribution in [0.15, 0.2) is 18.3 Å². The Morgan fingerprint density at radius 3 is 2.67 bits per heavy atom. The first kappa shape index (κ1) is 15.6. The SMILES string of the molecule is CCc1nn(C)cc1CNC(C)c1cc(F)c(C)cc1F. The Balaban J connectivity index is 2.11. The van der Waals surface area contributed by atoms with Gasteiger partial charge in [0.1, 0.15) is 11.6 Å². The van der Waals surface area contributed by atoms with Gasteiger partial charge in [-0.25, -0.2) is 8.78 Å². The summed E-state index contributed by atoms with van der Waals surface area (Å²) in [6.07, 6.45) is 2.80. The van der Waals surface area contributed by atoms with E-state index < -0.39 is 0 Å². The fraction of sp³-hybridized carbons (Fsp3) is 0.438. The third kappa shape index (κ3) is 3.47. The van der Waals surface area contributed by atoms with E-state index in [0.29, 0.717) is 17.7 Å². The smallest absolute Gasteiger partial charge is 0.128 e. The molecule has 0 saturated heterocycles. The average Bonchev–Trinajstić information content (AvgIpc) is 2.80. The predicted molar refractivity (Wildman–Crippen MR) is 78.9 cm³/mol. The lowest BCUT2D eigenvalue weighted by atomic mass is 10.0. The van der Waals surface area contributed by atoms with E-state index in [9.17, 15) is 8.78 Å². The van der Waals surface area contributed by atoms with Crippen LogP contribution in [0.5, 0.6) is 0 Å². The first-order valence-electron chi connectivity index (χ1n) is 7.12. The number of halogens is 2. The summed E-state index contributed by atoms with van der Waals surface area (Å²) >= 11 is 0. The van der Waals surface area contributed by atoms with Crippen LogP contribution in [0.2, 0.25) is 0 Å². The van der Waals surface area contributed by atoms with Crippen molar-refractivity contribution in [2.45, 2.75) is 39.8 Å². The summed E-state index contributed by atoms with van der Waals surface area (Å²) in [7, 11) is 1.88. The molecule has 0 aliphatic carbocycles. The maximum Gasteiger partial charge on any atom is 0.128 e. The maximum absolute atomic E-state index is 13.9. The van der Waals surface area contributed by atoms with Crippen LogP contribution in [0.1, 0.15) is 42.3 Å². The quantitative estimate of drug-likeness (QED) is 0.915. The van der Waals surface area contributed by atoms with Crippen molar-refractivity contribution in [1.29, 1.82) is 0 Å². The minimum absolute atomic E-state index is 0.273. The summed E-state index contributed by atoms with van der Waals surface area (Å²) in [5.74, 6) is -0.758. The van der Waals surface area contributed by atoms with Gasteiger partial charge in [0.05, 0.1) is 5.69 Å². The van der Waals surface area contributed by atoms with Crippen LogP contribution >= 0.6 is 0 Å². The average molecular weight is 293 g/mol. The van der Waals surface area contributed by atoms with Crippen molar-refractivity contribution in [2.75, 3.05) is 0 Å². The molecule has 0 aliphatic heterocycles. The topological polar surface area (TPSA) is 29.9 Å². The number of nitrogens with zero attached hydrogens (tertiary/aromatic N) is 2. The summed E-state index contributed by atoms with van der Waals surface area (Å²) < 4.78 is 29.3. The molecular weight excluding hydrogens is 272 g/mol. The van der Waals surface area contributed by atoms with Gasteiger partial charge in [-0.05, 0) is 38.0 Å². The zero-order valence-corrected chi connectivity index (χ0v) is 12.9. The molecule has 2 rings (SSSR count). The van der Waals surface area contributed by atoms with Crippen molar-refractivity contribution in [3.8, 4) is 0 Å². The van der Waals surface area contributed by atoms with Gasteiger partial charge >= 0.3 is 0 Å². The summed E-state index contributed by atoms with van der Waals surface area (Å²) in [6.45, 7) is 6.01. The summed E-state index contributed by atoms with van der Waals surface area (Å²) in [6, 6.07) is 2.24. The molecule has 0 aliphatic rings. The lowest BCUT2D eigenvalue weighted by Gasteiger charge is -2.16.